The Hall–Kier alpha value is -0.900. The molecular formula is C13H24N4. The number of aryl methyl sites for hydroxylation is 2. The predicted molar refractivity (Wildman–Crippen MR) is 68.8 cm³/mol. The lowest BCUT2D eigenvalue weighted by molar-refractivity contribution is 0.287. The lowest BCUT2D eigenvalue weighted by Gasteiger charge is -2.27. The number of rotatable bonds is 3. The highest BCUT2D eigenvalue weighted by Crippen LogP contribution is 2.42. The first-order chi connectivity index (χ1) is 7.99. The molecular weight excluding hydrogens is 212 g/mol. The molecule has 0 radical (unpaired) electrons. The smallest absolute Gasteiger partial charge is 0.150 e. The van der Waals surface area contributed by atoms with Gasteiger partial charge >= 0.3 is 0 Å². The van der Waals surface area contributed by atoms with E-state index in [-0.39, 0.29) is 11.5 Å². The van der Waals surface area contributed by atoms with Crippen molar-refractivity contribution in [1.82, 2.24) is 14.8 Å². The number of nitrogens with two attached hydrogens (primary N) is 1. The van der Waals surface area contributed by atoms with E-state index in [1.54, 1.807) is 0 Å². The van der Waals surface area contributed by atoms with Gasteiger partial charge in [-0.2, -0.15) is 5.10 Å². The molecule has 1 aliphatic carbocycles. The lowest BCUT2D eigenvalue weighted by atomic mass is 9.87. The lowest BCUT2D eigenvalue weighted by Crippen LogP contribution is -2.38. The highest BCUT2D eigenvalue weighted by atomic mass is 15.4. The maximum atomic E-state index is 6.37. The third kappa shape index (κ3) is 2.10. The molecule has 0 aromatic carbocycles. The number of aromatic nitrogens is 3. The van der Waals surface area contributed by atoms with Gasteiger partial charge in [0, 0.05) is 18.9 Å². The zero-order valence-corrected chi connectivity index (χ0v) is 11.4. The largest absolute Gasteiger partial charge is 0.325 e. The van der Waals surface area contributed by atoms with Crippen LogP contribution >= 0.6 is 0 Å². The summed E-state index contributed by atoms with van der Waals surface area (Å²) >= 11 is 0. The van der Waals surface area contributed by atoms with E-state index in [4.69, 9.17) is 5.73 Å². The normalized spacial score (nSPS) is 27.6. The predicted octanol–water partition coefficient (Wildman–Crippen LogP) is 2.09. The van der Waals surface area contributed by atoms with E-state index in [0.29, 0.717) is 6.04 Å². The van der Waals surface area contributed by atoms with Crippen LogP contribution in [-0.4, -0.2) is 20.8 Å². The van der Waals surface area contributed by atoms with Crippen LogP contribution in [0.5, 0.6) is 0 Å². The van der Waals surface area contributed by atoms with Crippen LogP contribution in [0.25, 0.3) is 0 Å². The highest BCUT2D eigenvalue weighted by Gasteiger charge is 2.41. The molecule has 1 aromatic rings. The molecule has 0 amide bonds. The molecule has 1 aromatic heterocycles. The van der Waals surface area contributed by atoms with Crippen LogP contribution < -0.4 is 5.73 Å². The quantitative estimate of drug-likeness (QED) is 0.874. The van der Waals surface area contributed by atoms with Crippen molar-refractivity contribution in [2.24, 2.45) is 11.1 Å². The van der Waals surface area contributed by atoms with Crippen LogP contribution in [0.1, 0.15) is 58.2 Å². The zero-order chi connectivity index (χ0) is 12.6. The summed E-state index contributed by atoms with van der Waals surface area (Å²) in [6.45, 7) is 8.73. The Kier molecular flexibility index (Phi) is 3.25. The molecule has 2 N–H and O–H groups in total. The van der Waals surface area contributed by atoms with Crippen molar-refractivity contribution < 1.29 is 0 Å². The van der Waals surface area contributed by atoms with Gasteiger partial charge in [-0.3, -0.25) is 0 Å². The van der Waals surface area contributed by atoms with Gasteiger partial charge in [0.1, 0.15) is 5.82 Å². The average molecular weight is 236 g/mol. The van der Waals surface area contributed by atoms with E-state index in [0.717, 1.165) is 30.9 Å². The van der Waals surface area contributed by atoms with Gasteiger partial charge in [-0.1, -0.05) is 27.7 Å². The molecule has 0 bridgehead atoms. The second-order valence-corrected chi connectivity index (χ2v) is 5.72. The number of hydrogen-bond donors (Lipinski definition) is 1. The number of nitrogens with zero attached hydrogens (tertiary/aromatic N) is 3. The van der Waals surface area contributed by atoms with Crippen LogP contribution in [-0.2, 0) is 12.8 Å². The summed E-state index contributed by atoms with van der Waals surface area (Å²) in [5.41, 5.74) is 6.59. The summed E-state index contributed by atoms with van der Waals surface area (Å²) in [6.07, 6.45) is 4.11. The van der Waals surface area contributed by atoms with Gasteiger partial charge in [-0.05, 0) is 18.3 Å². The fourth-order valence-electron chi connectivity index (χ4n) is 2.72. The molecule has 1 fully saturated rings. The molecule has 2 unspecified atom stereocenters. The first-order valence-electron chi connectivity index (χ1n) is 6.69. The van der Waals surface area contributed by atoms with E-state index in [2.05, 4.69) is 42.5 Å². The highest BCUT2D eigenvalue weighted by molar-refractivity contribution is 5.02. The van der Waals surface area contributed by atoms with Crippen molar-refractivity contribution in [3.8, 4) is 0 Å². The standard InChI is InChI=1S/C13H24N4/c1-5-10-15-11(6-2)17(16-10)9-7-8-13(3,4)12(9)14/h9,12H,5-8,14H2,1-4H3. The monoisotopic (exact) mass is 236 g/mol. The molecule has 1 aliphatic rings. The fourth-order valence-corrected chi connectivity index (χ4v) is 2.72. The van der Waals surface area contributed by atoms with Gasteiger partial charge in [0.2, 0.25) is 0 Å². The molecule has 2 atom stereocenters. The summed E-state index contributed by atoms with van der Waals surface area (Å²) in [5, 5.41) is 4.62. The Morgan fingerprint density at radius 2 is 2.06 bits per heavy atom. The minimum atomic E-state index is 0.180. The van der Waals surface area contributed by atoms with Crippen LogP contribution in [0.15, 0.2) is 0 Å². The topological polar surface area (TPSA) is 56.7 Å². The summed E-state index contributed by atoms with van der Waals surface area (Å²) in [4.78, 5) is 4.57. The Morgan fingerprint density at radius 1 is 1.35 bits per heavy atom. The molecule has 96 valence electrons. The molecule has 17 heavy (non-hydrogen) atoms. The van der Waals surface area contributed by atoms with Gasteiger partial charge in [-0.15, -0.1) is 0 Å². The summed E-state index contributed by atoms with van der Waals surface area (Å²) in [5.74, 6) is 2.03. The Morgan fingerprint density at radius 3 is 2.53 bits per heavy atom. The van der Waals surface area contributed by atoms with E-state index in [1.807, 2.05) is 0 Å². The van der Waals surface area contributed by atoms with Crippen LogP contribution in [0, 0.1) is 5.41 Å². The van der Waals surface area contributed by atoms with E-state index < -0.39 is 0 Å². The third-order valence-electron chi connectivity index (χ3n) is 4.09. The molecule has 1 saturated carbocycles. The van der Waals surface area contributed by atoms with Gasteiger partial charge in [-0.25, -0.2) is 9.67 Å². The molecule has 2 rings (SSSR count). The minimum Gasteiger partial charge on any atom is -0.325 e. The molecule has 0 spiro atoms. The van der Waals surface area contributed by atoms with E-state index in [1.165, 1.54) is 6.42 Å². The van der Waals surface area contributed by atoms with Gasteiger partial charge in [0.25, 0.3) is 0 Å². The summed E-state index contributed by atoms with van der Waals surface area (Å²) in [7, 11) is 0. The number of hydrogen-bond acceptors (Lipinski definition) is 3. The Labute approximate surface area is 104 Å². The molecule has 0 saturated heterocycles. The maximum Gasteiger partial charge on any atom is 0.150 e. The van der Waals surface area contributed by atoms with Crippen molar-refractivity contribution in [2.45, 2.75) is 65.5 Å². The van der Waals surface area contributed by atoms with Gasteiger partial charge in [0.05, 0.1) is 6.04 Å². The van der Waals surface area contributed by atoms with Crippen molar-refractivity contribution >= 4 is 0 Å². The van der Waals surface area contributed by atoms with E-state index in [9.17, 15) is 0 Å². The van der Waals surface area contributed by atoms with Gasteiger partial charge < -0.3 is 5.73 Å². The second kappa shape index (κ2) is 4.41. The first kappa shape index (κ1) is 12.6. The van der Waals surface area contributed by atoms with Crippen molar-refractivity contribution in [2.75, 3.05) is 0 Å². The summed E-state index contributed by atoms with van der Waals surface area (Å²) in [6, 6.07) is 0.506. The molecule has 4 heteroatoms. The first-order valence-corrected chi connectivity index (χ1v) is 6.69. The van der Waals surface area contributed by atoms with Crippen LogP contribution in [0.2, 0.25) is 0 Å². The second-order valence-electron chi connectivity index (χ2n) is 5.72. The SMILES string of the molecule is CCc1nc(CC)n(C2CCC(C)(C)C2N)n1. The Balaban J connectivity index is 2.31. The Bertz CT molecular complexity index is 394. The zero-order valence-electron chi connectivity index (χ0n) is 11.4. The van der Waals surface area contributed by atoms with E-state index >= 15 is 0 Å². The molecule has 4 nitrogen and oxygen atoms in total. The van der Waals surface area contributed by atoms with Crippen molar-refractivity contribution in [3.63, 3.8) is 0 Å². The van der Waals surface area contributed by atoms with Crippen molar-refractivity contribution in [3.05, 3.63) is 11.6 Å². The summed E-state index contributed by atoms with van der Waals surface area (Å²) < 4.78 is 2.10. The van der Waals surface area contributed by atoms with Crippen LogP contribution in [0.3, 0.4) is 0 Å². The van der Waals surface area contributed by atoms with Crippen LogP contribution in [0.4, 0.5) is 0 Å². The minimum absolute atomic E-state index is 0.180. The maximum absolute atomic E-state index is 6.37. The average Bonchev–Trinajstić information content (AvgIpc) is 2.82. The van der Waals surface area contributed by atoms with Crippen molar-refractivity contribution in [1.29, 1.82) is 0 Å². The third-order valence-corrected chi connectivity index (χ3v) is 4.09. The van der Waals surface area contributed by atoms with Gasteiger partial charge in [0.15, 0.2) is 5.82 Å². The molecule has 1 heterocycles. The fraction of sp³-hybridized carbons (Fsp3) is 0.846. The molecule has 0 aliphatic heterocycles.